The van der Waals surface area contributed by atoms with Gasteiger partial charge >= 0.3 is 0 Å². The molecule has 5 rings (SSSR count). The Morgan fingerprint density at radius 3 is 2.64 bits per heavy atom. The van der Waals surface area contributed by atoms with E-state index in [9.17, 15) is 9.18 Å². The van der Waals surface area contributed by atoms with Gasteiger partial charge in [-0.05, 0) is 68.1 Å². The van der Waals surface area contributed by atoms with E-state index in [1.54, 1.807) is 13.1 Å². The molecule has 8 heteroatoms. The van der Waals surface area contributed by atoms with Crippen LogP contribution in [-0.2, 0) is 15.1 Å². The van der Waals surface area contributed by atoms with E-state index in [2.05, 4.69) is 13.8 Å². The SMILES string of the molecule is CN1C(=O)C2(C[C@H](C3CCOC(C)(C)C3)Oc3ccc(-c4cc(F)cc(Cl)c4)cc32)N=C1N. The average Bonchev–Trinajstić information content (AvgIpc) is 2.96. The molecule has 33 heavy (non-hydrogen) atoms. The summed E-state index contributed by atoms with van der Waals surface area (Å²) >= 11 is 6.08. The summed E-state index contributed by atoms with van der Waals surface area (Å²) in [6, 6.07) is 9.89. The lowest BCUT2D eigenvalue weighted by atomic mass is 9.74. The van der Waals surface area contributed by atoms with Gasteiger partial charge in [-0.1, -0.05) is 17.7 Å². The largest absolute Gasteiger partial charge is 0.490 e. The van der Waals surface area contributed by atoms with Crippen LogP contribution in [0.4, 0.5) is 4.39 Å². The maximum Gasteiger partial charge on any atom is 0.261 e. The summed E-state index contributed by atoms with van der Waals surface area (Å²) in [5, 5.41) is 0.301. The number of hydrogen-bond donors (Lipinski definition) is 1. The fourth-order valence-electron chi connectivity index (χ4n) is 5.33. The van der Waals surface area contributed by atoms with Crippen LogP contribution in [0.3, 0.4) is 0 Å². The van der Waals surface area contributed by atoms with Gasteiger partial charge in [0.15, 0.2) is 11.5 Å². The molecule has 1 spiro atoms. The Bertz CT molecular complexity index is 1150. The third kappa shape index (κ3) is 3.77. The molecule has 174 valence electrons. The summed E-state index contributed by atoms with van der Waals surface area (Å²) in [6.07, 6.45) is 1.86. The van der Waals surface area contributed by atoms with Crippen molar-refractivity contribution in [1.29, 1.82) is 0 Å². The smallest absolute Gasteiger partial charge is 0.261 e. The van der Waals surface area contributed by atoms with Crippen LogP contribution in [0, 0.1) is 11.7 Å². The monoisotopic (exact) mass is 471 g/mol. The number of ether oxygens (including phenoxy) is 2. The number of rotatable bonds is 2. The number of guanidine groups is 1. The van der Waals surface area contributed by atoms with E-state index in [1.165, 1.54) is 17.0 Å². The molecule has 3 atom stereocenters. The number of nitrogens with zero attached hydrogens (tertiary/aromatic N) is 2. The first-order valence-corrected chi connectivity index (χ1v) is 11.5. The highest BCUT2D eigenvalue weighted by molar-refractivity contribution is 6.30. The third-order valence-corrected chi connectivity index (χ3v) is 7.18. The van der Waals surface area contributed by atoms with Crippen molar-refractivity contribution in [2.75, 3.05) is 13.7 Å². The zero-order valence-corrected chi connectivity index (χ0v) is 19.7. The van der Waals surface area contributed by atoms with Crippen LogP contribution >= 0.6 is 11.6 Å². The first-order chi connectivity index (χ1) is 15.6. The molecule has 3 aliphatic rings. The molecule has 0 bridgehead atoms. The van der Waals surface area contributed by atoms with E-state index in [1.807, 2.05) is 18.2 Å². The fraction of sp³-hybridized carbons (Fsp3) is 0.440. The lowest BCUT2D eigenvalue weighted by molar-refractivity contribution is -0.134. The van der Waals surface area contributed by atoms with Crippen molar-refractivity contribution >= 4 is 23.5 Å². The van der Waals surface area contributed by atoms with Crippen molar-refractivity contribution in [3.05, 3.63) is 52.8 Å². The van der Waals surface area contributed by atoms with E-state index < -0.39 is 11.4 Å². The summed E-state index contributed by atoms with van der Waals surface area (Å²) in [7, 11) is 1.63. The van der Waals surface area contributed by atoms with E-state index in [0.29, 0.717) is 34.9 Å². The third-order valence-electron chi connectivity index (χ3n) is 6.96. The first kappa shape index (κ1) is 22.2. The fourth-order valence-corrected chi connectivity index (χ4v) is 5.55. The number of nitrogens with two attached hydrogens (primary N) is 1. The number of likely N-dealkylation sites (N-methyl/N-ethyl adjacent to an activating group) is 1. The number of carbonyl (C=O) groups is 1. The Morgan fingerprint density at radius 2 is 1.97 bits per heavy atom. The highest BCUT2D eigenvalue weighted by Gasteiger charge is 2.55. The normalized spacial score (nSPS) is 28.5. The van der Waals surface area contributed by atoms with Crippen molar-refractivity contribution in [2.24, 2.45) is 16.6 Å². The van der Waals surface area contributed by atoms with E-state index >= 15 is 0 Å². The van der Waals surface area contributed by atoms with E-state index in [4.69, 9.17) is 31.8 Å². The number of hydrogen-bond acceptors (Lipinski definition) is 5. The standard InChI is InChI=1S/C25H27ClFN3O3/c1-24(2)12-15(6-7-32-24)21-13-25(22(31)30(3)23(28)29-25)19-10-14(4-5-20(19)33-21)16-8-17(26)11-18(27)9-16/h4-5,8-11,15,21H,6-7,12-13H2,1-3H3,(H2,28,29)/t15?,21-,25?/m1/s1. The second kappa shape index (κ2) is 7.71. The highest BCUT2D eigenvalue weighted by atomic mass is 35.5. The Hall–Kier alpha value is -2.64. The summed E-state index contributed by atoms with van der Waals surface area (Å²) in [4.78, 5) is 19.6. The second-order valence-corrected chi connectivity index (χ2v) is 10.2. The molecule has 0 saturated carbocycles. The Labute approximate surface area is 197 Å². The topological polar surface area (TPSA) is 77.2 Å². The van der Waals surface area contributed by atoms with Crippen molar-refractivity contribution < 1.29 is 18.7 Å². The van der Waals surface area contributed by atoms with Gasteiger partial charge in [0.2, 0.25) is 0 Å². The molecule has 2 aromatic carbocycles. The number of fused-ring (bicyclic) bond motifs is 2. The minimum absolute atomic E-state index is 0.179. The minimum Gasteiger partial charge on any atom is -0.490 e. The molecule has 3 aliphatic heterocycles. The summed E-state index contributed by atoms with van der Waals surface area (Å²) in [5.41, 5.74) is 6.66. The Morgan fingerprint density at radius 1 is 1.18 bits per heavy atom. The van der Waals surface area contributed by atoms with Crippen LogP contribution in [0.1, 0.15) is 38.7 Å². The molecular weight excluding hydrogens is 445 g/mol. The second-order valence-electron chi connectivity index (χ2n) is 9.78. The minimum atomic E-state index is -1.17. The molecule has 2 aromatic rings. The molecular formula is C25H27ClFN3O3. The zero-order chi connectivity index (χ0) is 23.5. The van der Waals surface area contributed by atoms with Gasteiger partial charge in [0.05, 0.1) is 5.60 Å². The predicted octanol–water partition coefficient (Wildman–Crippen LogP) is 4.48. The molecule has 1 saturated heterocycles. The van der Waals surface area contributed by atoms with Crippen LogP contribution in [0.5, 0.6) is 5.75 Å². The van der Waals surface area contributed by atoms with Gasteiger partial charge in [-0.2, -0.15) is 0 Å². The van der Waals surface area contributed by atoms with Crippen LogP contribution in [0.15, 0.2) is 41.4 Å². The highest BCUT2D eigenvalue weighted by Crippen LogP contribution is 2.49. The molecule has 2 N–H and O–H groups in total. The maximum absolute atomic E-state index is 14.0. The molecule has 0 radical (unpaired) electrons. The number of amides is 1. The van der Waals surface area contributed by atoms with Crippen LogP contribution in [0.2, 0.25) is 5.02 Å². The number of benzene rings is 2. The molecule has 3 heterocycles. The van der Waals surface area contributed by atoms with E-state index in [0.717, 1.165) is 18.4 Å². The summed E-state index contributed by atoms with van der Waals surface area (Å²) < 4.78 is 26.4. The van der Waals surface area contributed by atoms with Crippen LogP contribution in [-0.4, -0.2) is 42.1 Å². The maximum atomic E-state index is 14.0. The Balaban J connectivity index is 1.61. The number of halogens is 2. The molecule has 6 nitrogen and oxygen atoms in total. The average molecular weight is 472 g/mol. The van der Waals surface area contributed by atoms with Gasteiger partial charge in [0.1, 0.15) is 17.7 Å². The summed E-state index contributed by atoms with van der Waals surface area (Å²) in [6.45, 7) is 4.80. The van der Waals surface area contributed by atoms with Crippen molar-refractivity contribution in [2.45, 2.75) is 50.4 Å². The first-order valence-electron chi connectivity index (χ1n) is 11.1. The van der Waals surface area contributed by atoms with Crippen molar-refractivity contribution in [3.8, 4) is 16.9 Å². The van der Waals surface area contributed by atoms with Crippen LogP contribution < -0.4 is 10.5 Å². The summed E-state index contributed by atoms with van der Waals surface area (Å²) in [5.74, 6) is 0.383. The lowest BCUT2D eigenvalue weighted by Crippen LogP contribution is -2.49. The molecule has 0 aliphatic carbocycles. The molecule has 1 amide bonds. The van der Waals surface area contributed by atoms with Crippen molar-refractivity contribution in [3.63, 3.8) is 0 Å². The van der Waals surface area contributed by atoms with E-state index in [-0.39, 0.29) is 29.5 Å². The molecule has 0 aromatic heterocycles. The molecule has 2 unspecified atom stereocenters. The molecule has 1 fully saturated rings. The van der Waals surface area contributed by atoms with Crippen LogP contribution in [0.25, 0.3) is 11.1 Å². The van der Waals surface area contributed by atoms with Gasteiger partial charge in [0.25, 0.3) is 5.91 Å². The van der Waals surface area contributed by atoms with Crippen molar-refractivity contribution in [1.82, 2.24) is 4.90 Å². The lowest BCUT2D eigenvalue weighted by Gasteiger charge is -2.44. The predicted molar refractivity (Wildman–Crippen MR) is 125 cm³/mol. The number of carbonyl (C=O) groups excluding carboxylic acids is 1. The van der Waals surface area contributed by atoms with Gasteiger partial charge < -0.3 is 15.2 Å². The van der Waals surface area contributed by atoms with Gasteiger partial charge in [-0.25, -0.2) is 9.38 Å². The van der Waals surface area contributed by atoms with Gasteiger partial charge in [-0.15, -0.1) is 0 Å². The zero-order valence-electron chi connectivity index (χ0n) is 18.9. The van der Waals surface area contributed by atoms with Gasteiger partial charge in [0, 0.05) is 36.6 Å². The van der Waals surface area contributed by atoms with Gasteiger partial charge in [-0.3, -0.25) is 9.69 Å². The quantitative estimate of drug-likeness (QED) is 0.700. The Kier molecular flexibility index (Phi) is 5.18. The number of aliphatic imine (C=N–C) groups is 1.